The first kappa shape index (κ1) is 15.4. The Morgan fingerprint density at radius 2 is 2.14 bits per heavy atom. The zero-order valence-electron chi connectivity index (χ0n) is 11.8. The number of nitrogens with two attached hydrogens (primary N) is 1. The number of aromatic nitrogens is 2. The smallest absolute Gasteiger partial charge is 0.251 e. The average molecular weight is 307 g/mol. The number of H-pyrrole nitrogens is 1. The maximum absolute atomic E-state index is 11.2. The standard InChI is InChI=1S/C14H17N3O3S/c1-19-9-3-4-12(20-2)10(7-9)11(15)8-21-14-16-6-5-13(18)17-14/h3-7,11H,8,15H2,1-2H3,(H,16,17,18). The number of nitrogens with zero attached hydrogens (tertiary/aromatic N) is 1. The third-order valence-corrected chi connectivity index (χ3v) is 3.89. The Balaban J connectivity index is 2.12. The first-order valence-corrected chi connectivity index (χ1v) is 7.28. The molecule has 2 rings (SSSR count). The topological polar surface area (TPSA) is 90.2 Å². The van der Waals surface area contributed by atoms with Crippen LogP contribution in [0, 0.1) is 0 Å². The van der Waals surface area contributed by atoms with Gasteiger partial charge in [0, 0.05) is 29.6 Å². The minimum Gasteiger partial charge on any atom is -0.497 e. The highest BCUT2D eigenvalue weighted by molar-refractivity contribution is 7.99. The molecule has 0 radical (unpaired) electrons. The molecule has 1 atom stereocenters. The van der Waals surface area contributed by atoms with E-state index in [2.05, 4.69) is 9.97 Å². The number of thioether (sulfide) groups is 1. The zero-order chi connectivity index (χ0) is 15.2. The molecule has 0 fully saturated rings. The summed E-state index contributed by atoms with van der Waals surface area (Å²) < 4.78 is 10.5. The van der Waals surface area contributed by atoms with Crippen LogP contribution in [0.25, 0.3) is 0 Å². The molecular formula is C14H17N3O3S. The van der Waals surface area contributed by atoms with E-state index in [1.807, 2.05) is 18.2 Å². The van der Waals surface area contributed by atoms with Crippen LogP contribution in [-0.4, -0.2) is 29.9 Å². The lowest BCUT2D eigenvalue weighted by Gasteiger charge is -2.16. The van der Waals surface area contributed by atoms with Crippen molar-refractivity contribution in [1.29, 1.82) is 0 Å². The van der Waals surface area contributed by atoms with Crippen molar-refractivity contribution in [2.24, 2.45) is 5.73 Å². The second-order valence-corrected chi connectivity index (χ2v) is 5.27. The average Bonchev–Trinajstić information content (AvgIpc) is 2.52. The van der Waals surface area contributed by atoms with Crippen molar-refractivity contribution in [1.82, 2.24) is 9.97 Å². The van der Waals surface area contributed by atoms with Crippen molar-refractivity contribution in [3.05, 3.63) is 46.4 Å². The molecule has 1 aromatic heterocycles. The van der Waals surface area contributed by atoms with Gasteiger partial charge in [0.25, 0.3) is 5.56 Å². The molecule has 0 bridgehead atoms. The van der Waals surface area contributed by atoms with Crippen LogP contribution < -0.4 is 20.8 Å². The molecule has 0 aliphatic rings. The van der Waals surface area contributed by atoms with Crippen molar-refractivity contribution in [2.45, 2.75) is 11.2 Å². The quantitative estimate of drug-likeness (QED) is 0.622. The van der Waals surface area contributed by atoms with E-state index in [4.69, 9.17) is 15.2 Å². The summed E-state index contributed by atoms with van der Waals surface area (Å²) in [5.74, 6) is 1.98. The zero-order valence-corrected chi connectivity index (χ0v) is 12.6. The van der Waals surface area contributed by atoms with Crippen LogP contribution in [0.15, 0.2) is 40.4 Å². The number of hydrogen-bond acceptors (Lipinski definition) is 6. The lowest BCUT2D eigenvalue weighted by Crippen LogP contribution is -2.15. The highest BCUT2D eigenvalue weighted by Crippen LogP contribution is 2.30. The van der Waals surface area contributed by atoms with E-state index in [1.165, 1.54) is 24.0 Å². The van der Waals surface area contributed by atoms with Crippen LogP contribution in [0.1, 0.15) is 11.6 Å². The molecule has 1 unspecified atom stereocenters. The molecule has 0 aliphatic carbocycles. The summed E-state index contributed by atoms with van der Waals surface area (Å²) in [6, 6.07) is 6.59. The minimum atomic E-state index is -0.273. The number of nitrogens with one attached hydrogen (secondary N) is 1. The summed E-state index contributed by atoms with van der Waals surface area (Å²) in [5.41, 5.74) is 6.87. The van der Waals surface area contributed by atoms with Gasteiger partial charge >= 0.3 is 0 Å². The Bertz CT molecular complexity index is 660. The first-order valence-electron chi connectivity index (χ1n) is 6.29. The number of benzene rings is 1. The van der Waals surface area contributed by atoms with Gasteiger partial charge < -0.3 is 20.2 Å². The summed E-state index contributed by atoms with van der Waals surface area (Å²) in [6.07, 6.45) is 1.47. The number of methoxy groups -OCH3 is 2. The van der Waals surface area contributed by atoms with Gasteiger partial charge in [-0.1, -0.05) is 11.8 Å². The predicted octanol–water partition coefficient (Wildman–Crippen LogP) is 1.58. The second kappa shape index (κ2) is 7.14. The van der Waals surface area contributed by atoms with E-state index in [9.17, 15) is 4.79 Å². The van der Waals surface area contributed by atoms with Crippen LogP contribution in [0.4, 0.5) is 0 Å². The van der Waals surface area contributed by atoms with Crippen LogP contribution in [-0.2, 0) is 0 Å². The Kier molecular flexibility index (Phi) is 5.24. The molecule has 21 heavy (non-hydrogen) atoms. The van der Waals surface area contributed by atoms with Gasteiger partial charge in [-0.15, -0.1) is 0 Å². The van der Waals surface area contributed by atoms with Crippen molar-refractivity contribution >= 4 is 11.8 Å². The predicted molar refractivity (Wildman–Crippen MR) is 82.1 cm³/mol. The van der Waals surface area contributed by atoms with Crippen LogP contribution in [0.5, 0.6) is 11.5 Å². The molecular weight excluding hydrogens is 290 g/mol. The van der Waals surface area contributed by atoms with E-state index < -0.39 is 0 Å². The van der Waals surface area contributed by atoms with E-state index >= 15 is 0 Å². The number of rotatable bonds is 6. The van der Waals surface area contributed by atoms with Crippen LogP contribution in [0.3, 0.4) is 0 Å². The van der Waals surface area contributed by atoms with Crippen LogP contribution in [0.2, 0.25) is 0 Å². The summed E-state index contributed by atoms with van der Waals surface area (Å²) in [6.45, 7) is 0. The third kappa shape index (κ3) is 3.99. The first-order chi connectivity index (χ1) is 10.1. The van der Waals surface area contributed by atoms with Gasteiger partial charge in [0.15, 0.2) is 5.16 Å². The Morgan fingerprint density at radius 1 is 1.33 bits per heavy atom. The molecule has 0 spiro atoms. The van der Waals surface area contributed by atoms with Gasteiger partial charge in [-0.2, -0.15) is 0 Å². The Morgan fingerprint density at radius 3 is 2.81 bits per heavy atom. The molecule has 0 saturated heterocycles. The van der Waals surface area contributed by atoms with Gasteiger partial charge in [-0.3, -0.25) is 4.79 Å². The Labute approximate surface area is 126 Å². The van der Waals surface area contributed by atoms with Gasteiger partial charge in [0.1, 0.15) is 11.5 Å². The molecule has 1 heterocycles. The summed E-state index contributed by atoms with van der Waals surface area (Å²) in [5, 5.41) is 0.541. The molecule has 1 aromatic carbocycles. The van der Waals surface area contributed by atoms with E-state index in [1.54, 1.807) is 14.2 Å². The fourth-order valence-electron chi connectivity index (χ4n) is 1.81. The fraction of sp³-hybridized carbons (Fsp3) is 0.286. The maximum atomic E-state index is 11.2. The summed E-state index contributed by atoms with van der Waals surface area (Å²) in [4.78, 5) is 17.9. The van der Waals surface area contributed by atoms with E-state index in [0.717, 1.165) is 11.3 Å². The molecule has 7 heteroatoms. The molecule has 0 saturated carbocycles. The number of ether oxygens (including phenoxy) is 2. The largest absolute Gasteiger partial charge is 0.497 e. The lowest BCUT2D eigenvalue weighted by molar-refractivity contribution is 0.396. The molecule has 112 valence electrons. The van der Waals surface area contributed by atoms with Gasteiger partial charge in [-0.05, 0) is 18.2 Å². The van der Waals surface area contributed by atoms with E-state index in [0.29, 0.717) is 16.7 Å². The maximum Gasteiger partial charge on any atom is 0.251 e. The number of aromatic amines is 1. The highest BCUT2D eigenvalue weighted by atomic mass is 32.2. The van der Waals surface area contributed by atoms with Crippen molar-refractivity contribution < 1.29 is 9.47 Å². The third-order valence-electron chi connectivity index (χ3n) is 2.88. The van der Waals surface area contributed by atoms with E-state index in [-0.39, 0.29) is 11.6 Å². The second-order valence-electron chi connectivity index (χ2n) is 4.26. The van der Waals surface area contributed by atoms with Crippen molar-refractivity contribution in [3.8, 4) is 11.5 Å². The van der Waals surface area contributed by atoms with Crippen LogP contribution >= 0.6 is 11.8 Å². The summed E-state index contributed by atoms with van der Waals surface area (Å²) >= 11 is 1.38. The molecule has 6 nitrogen and oxygen atoms in total. The molecule has 3 N–H and O–H groups in total. The molecule has 0 amide bonds. The van der Waals surface area contributed by atoms with Gasteiger partial charge in [-0.25, -0.2) is 4.98 Å². The van der Waals surface area contributed by atoms with Crippen molar-refractivity contribution in [2.75, 3.05) is 20.0 Å². The SMILES string of the molecule is COc1ccc(OC)c(C(N)CSc2nccc(=O)[nH]2)c1. The molecule has 2 aromatic rings. The fourth-order valence-corrected chi connectivity index (χ4v) is 2.64. The van der Waals surface area contributed by atoms with Gasteiger partial charge in [0.2, 0.25) is 0 Å². The number of hydrogen-bond donors (Lipinski definition) is 2. The molecule has 0 aliphatic heterocycles. The highest BCUT2D eigenvalue weighted by Gasteiger charge is 2.14. The normalized spacial score (nSPS) is 12.0. The van der Waals surface area contributed by atoms with Crippen molar-refractivity contribution in [3.63, 3.8) is 0 Å². The minimum absolute atomic E-state index is 0.181. The monoisotopic (exact) mass is 307 g/mol. The summed E-state index contributed by atoms with van der Waals surface area (Å²) in [7, 11) is 3.20. The Hall–Kier alpha value is -1.99. The lowest BCUT2D eigenvalue weighted by atomic mass is 10.1. The van der Waals surface area contributed by atoms with Gasteiger partial charge in [0.05, 0.1) is 14.2 Å².